The summed E-state index contributed by atoms with van der Waals surface area (Å²) in [6.07, 6.45) is -4.03. The summed E-state index contributed by atoms with van der Waals surface area (Å²) in [5.74, 6) is -13.1. The first-order valence-electron chi connectivity index (χ1n) is 7.81. The molecule has 210 valence electrons. The molecule has 0 heterocycles. The SMILES string of the molecule is O=C(O)CC(=O)O.O=C(O)CC(=O)O.O=C(O)CC(=O)O.O=C(O)CC(=O)O.O=C(O)CC(=O)O.[V].[V]. The Kier molecular flexibility index (Phi) is 43.0. The predicted molar refractivity (Wildman–Crippen MR) is 99.4 cm³/mol. The van der Waals surface area contributed by atoms with Crippen LogP contribution in [0.2, 0.25) is 0 Å². The molecule has 0 aromatic rings. The summed E-state index contributed by atoms with van der Waals surface area (Å²) in [6, 6.07) is 0. The summed E-state index contributed by atoms with van der Waals surface area (Å²) >= 11 is 0. The van der Waals surface area contributed by atoms with Crippen molar-refractivity contribution in [3.05, 3.63) is 0 Å². The van der Waals surface area contributed by atoms with Crippen molar-refractivity contribution in [2.24, 2.45) is 0 Å². The summed E-state index contributed by atoms with van der Waals surface area (Å²) in [5, 5.41) is 77.0. The van der Waals surface area contributed by atoms with Gasteiger partial charge in [0.25, 0.3) is 0 Å². The molecule has 0 saturated heterocycles. The number of hydrogen-bond acceptors (Lipinski definition) is 10. The van der Waals surface area contributed by atoms with Crippen molar-refractivity contribution in [1.29, 1.82) is 0 Å². The third-order valence-corrected chi connectivity index (χ3v) is 1.51. The first-order valence-corrected chi connectivity index (χ1v) is 7.81. The van der Waals surface area contributed by atoms with Gasteiger partial charge in [0.2, 0.25) is 0 Å². The van der Waals surface area contributed by atoms with Gasteiger partial charge in [0.15, 0.2) is 0 Å². The number of carboxylic acids is 10. The van der Waals surface area contributed by atoms with E-state index in [-0.39, 0.29) is 37.1 Å². The summed E-state index contributed by atoms with van der Waals surface area (Å²) < 4.78 is 0. The Labute approximate surface area is 227 Å². The molecule has 0 aromatic heterocycles. The van der Waals surface area contributed by atoms with Crippen LogP contribution >= 0.6 is 0 Å². The minimum absolute atomic E-state index is 0. The monoisotopic (exact) mass is 622 g/mol. The average Bonchev–Trinajstić information content (AvgIpc) is 2.49. The van der Waals surface area contributed by atoms with Crippen LogP contribution in [0.5, 0.6) is 0 Å². The van der Waals surface area contributed by atoms with Gasteiger partial charge in [0.05, 0.1) is 0 Å². The summed E-state index contributed by atoms with van der Waals surface area (Å²) in [6.45, 7) is 0. The van der Waals surface area contributed by atoms with E-state index in [9.17, 15) is 47.9 Å². The van der Waals surface area contributed by atoms with Gasteiger partial charge < -0.3 is 51.1 Å². The molecule has 0 atom stereocenters. The number of carbonyl (C=O) groups is 10. The van der Waals surface area contributed by atoms with Gasteiger partial charge in [-0.3, -0.25) is 47.9 Å². The molecule has 0 rings (SSSR count). The van der Waals surface area contributed by atoms with Crippen LogP contribution in [0.25, 0.3) is 0 Å². The van der Waals surface area contributed by atoms with Crippen LogP contribution in [0.4, 0.5) is 0 Å². The molecule has 0 aliphatic heterocycles. The number of carboxylic acid groups (broad SMARTS) is 10. The van der Waals surface area contributed by atoms with Crippen molar-refractivity contribution in [1.82, 2.24) is 0 Å². The maximum Gasteiger partial charge on any atom is 0.314 e. The Hall–Kier alpha value is -4.13. The topological polar surface area (TPSA) is 373 Å². The zero-order chi connectivity index (χ0) is 29.3. The molecule has 0 aliphatic rings. The van der Waals surface area contributed by atoms with Crippen LogP contribution in [0.3, 0.4) is 0 Å². The first kappa shape index (κ1) is 49.9. The fourth-order valence-electron chi connectivity index (χ4n) is 0.647. The Morgan fingerprint density at radius 3 is 0.297 bits per heavy atom. The summed E-state index contributed by atoms with van der Waals surface area (Å²) in [7, 11) is 0. The van der Waals surface area contributed by atoms with E-state index in [1.807, 2.05) is 0 Å². The predicted octanol–water partition coefficient (Wildman–Crippen LogP) is -2.28. The van der Waals surface area contributed by atoms with E-state index in [4.69, 9.17) is 51.1 Å². The van der Waals surface area contributed by atoms with Gasteiger partial charge in [-0.1, -0.05) is 0 Å². The third kappa shape index (κ3) is 113. The van der Waals surface area contributed by atoms with E-state index in [1.165, 1.54) is 0 Å². The number of rotatable bonds is 10. The molecule has 0 saturated carbocycles. The average molecular weight is 622 g/mol. The smallest absolute Gasteiger partial charge is 0.314 e. The van der Waals surface area contributed by atoms with E-state index < -0.39 is 91.8 Å². The molecule has 0 aromatic carbocycles. The van der Waals surface area contributed by atoms with Crippen molar-refractivity contribution in [2.45, 2.75) is 32.1 Å². The Morgan fingerprint density at radius 2 is 0.297 bits per heavy atom. The Balaban J connectivity index is -0.0000000600. The first-order chi connectivity index (χ1) is 15.6. The molecule has 0 fully saturated rings. The van der Waals surface area contributed by atoms with Gasteiger partial charge in [-0.05, 0) is 0 Å². The molecule has 0 aliphatic carbocycles. The second kappa shape index (κ2) is 31.9. The number of hydrogen-bond donors (Lipinski definition) is 10. The van der Waals surface area contributed by atoms with Crippen LogP contribution < -0.4 is 0 Å². The van der Waals surface area contributed by atoms with Crippen LogP contribution in [0.15, 0.2) is 0 Å². The zero-order valence-electron chi connectivity index (χ0n) is 18.0. The van der Waals surface area contributed by atoms with E-state index in [2.05, 4.69) is 0 Å². The van der Waals surface area contributed by atoms with Crippen LogP contribution in [-0.2, 0) is 85.1 Å². The number of aliphatic carboxylic acids is 10. The maximum absolute atomic E-state index is 9.43. The van der Waals surface area contributed by atoms with E-state index in [1.54, 1.807) is 0 Å². The van der Waals surface area contributed by atoms with Crippen molar-refractivity contribution in [3.8, 4) is 0 Å². The minimum atomic E-state index is -1.31. The zero-order valence-corrected chi connectivity index (χ0v) is 20.8. The van der Waals surface area contributed by atoms with Gasteiger partial charge in [-0.15, -0.1) is 0 Å². The maximum atomic E-state index is 9.43. The second-order valence-electron chi connectivity index (χ2n) is 4.82. The van der Waals surface area contributed by atoms with Crippen LogP contribution in [0, 0.1) is 0 Å². The van der Waals surface area contributed by atoms with Gasteiger partial charge >= 0.3 is 59.7 Å². The molecule has 0 bridgehead atoms. The van der Waals surface area contributed by atoms with Gasteiger partial charge in [0.1, 0.15) is 32.1 Å². The molecular weight excluding hydrogens is 602 g/mol. The fraction of sp³-hybridized carbons (Fsp3) is 0.333. The van der Waals surface area contributed by atoms with E-state index in [0.717, 1.165) is 0 Å². The molecular formula is C15H20O20V2. The molecule has 0 spiro atoms. The largest absolute Gasteiger partial charge is 0.481 e. The van der Waals surface area contributed by atoms with Crippen LogP contribution in [0.1, 0.15) is 32.1 Å². The molecule has 37 heavy (non-hydrogen) atoms. The molecule has 10 N–H and O–H groups in total. The molecule has 22 heteroatoms. The second-order valence-corrected chi connectivity index (χ2v) is 4.82. The quantitative estimate of drug-likeness (QED) is 0.115. The van der Waals surface area contributed by atoms with E-state index in [0.29, 0.717) is 0 Å². The fourth-order valence-corrected chi connectivity index (χ4v) is 0.647. The normalized spacial score (nSPS) is 7.57. The molecule has 0 amide bonds. The van der Waals surface area contributed by atoms with Crippen molar-refractivity contribution >= 4 is 59.7 Å². The minimum Gasteiger partial charge on any atom is -0.481 e. The molecule has 0 unspecified atom stereocenters. The van der Waals surface area contributed by atoms with Gasteiger partial charge in [-0.2, -0.15) is 0 Å². The molecule has 20 nitrogen and oxygen atoms in total. The van der Waals surface area contributed by atoms with Gasteiger partial charge in [0, 0.05) is 37.1 Å². The Morgan fingerprint density at radius 1 is 0.243 bits per heavy atom. The van der Waals surface area contributed by atoms with Crippen molar-refractivity contribution < 1.29 is 136 Å². The summed E-state index contributed by atoms with van der Waals surface area (Å²) in [4.78, 5) is 94.3. The molecule has 2 radical (unpaired) electrons. The van der Waals surface area contributed by atoms with Crippen LogP contribution in [-0.4, -0.2) is 111 Å². The Bertz CT molecular complexity index is 578. The van der Waals surface area contributed by atoms with Crippen molar-refractivity contribution in [3.63, 3.8) is 0 Å². The van der Waals surface area contributed by atoms with Gasteiger partial charge in [-0.25, -0.2) is 0 Å². The standard InChI is InChI=1S/5C3H4O4.2V/c5*4-2(5)1-3(6)7;;/h5*1H2,(H,4,5)(H,6,7);;. The van der Waals surface area contributed by atoms with E-state index >= 15 is 0 Å². The summed E-state index contributed by atoms with van der Waals surface area (Å²) in [5.41, 5.74) is 0. The third-order valence-electron chi connectivity index (χ3n) is 1.51. The van der Waals surface area contributed by atoms with Crippen molar-refractivity contribution in [2.75, 3.05) is 0 Å².